The van der Waals surface area contributed by atoms with Crippen LogP contribution in [-0.4, -0.2) is 30.5 Å². The van der Waals surface area contributed by atoms with Gasteiger partial charge in [0, 0.05) is 30.0 Å². The number of nitro groups is 1. The third kappa shape index (κ3) is 3.32. The first kappa shape index (κ1) is 15.3. The maximum atomic E-state index is 10.7. The van der Waals surface area contributed by atoms with Gasteiger partial charge in [0.05, 0.1) is 19.1 Å². The smallest absolute Gasteiger partial charge is 0.271 e. The van der Waals surface area contributed by atoms with E-state index in [2.05, 4.69) is 4.99 Å². The van der Waals surface area contributed by atoms with Gasteiger partial charge >= 0.3 is 0 Å². The van der Waals surface area contributed by atoms with Gasteiger partial charge < -0.3 is 14.6 Å². The number of hydrogen-bond donors (Lipinski definition) is 1. The summed E-state index contributed by atoms with van der Waals surface area (Å²) in [5.41, 5.74) is 0.605. The van der Waals surface area contributed by atoms with Gasteiger partial charge in [-0.2, -0.15) is 0 Å². The number of aliphatic imine (C=N–C) groups is 1. The fourth-order valence-corrected chi connectivity index (χ4v) is 1.79. The normalized spacial score (nSPS) is 10.6. The van der Waals surface area contributed by atoms with Crippen molar-refractivity contribution in [1.82, 2.24) is 0 Å². The first-order valence-electron chi connectivity index (χ1n) is 6.28. The van der Waals surface area contributed by atoms with Crippen LogP contribution in [-0.2, 0) is 0 Å². The van der Waals surface area contributed by atoms with Crippen molar-refractivity contribution >= 4 is 17.6 Å². The molecule has 22 heavy (non-hydrogen) atoms. The number of ether oxygens (including phenoxy) is 2. The van der Waals surface area contributed by atoms with Crippen LogP contribution < -0.4 is 9.47 Å². The first-order chi connectivity index (χ1) is 10.5. The zero-order chi connectivity index (χ0) is 16.1. The zero-order valence-corrected chi connectivity index (χ0v) is 12.0. The molecule has 0 aliphatic rings. The maximum absolute atomic E-state index is 10.7. The van der Waals surface area contributed by atoms with E-state index in [-0.39, 0.29) is 17.1 Å². The van der Waals surface area contributed by atoms with Crippen molar-refractivity contribution in [3.05, 3.63) is 52.1 Å². The first-order valence-corrected chi connectivity index (χ1v) is 6.28. The quantitative estimate of drug-likeness (QED) is 0.520. The lowest BCUT2D eigenvalue weighted by Gasteiger charge is -2.07. The average molecular weight is 302 g/mol. The van der Waals surface area contributed by atoms with Gasteiger partial charge in [0.25, 0.3) is 5.69 Å². The van der Waals surface area contributed by atoms with Crippen molar-refractivity contribution in [3.63, 3.8) is 0 Å². The molecular weight excluding hydrogens is 288 g/mol. The van der Waals surface area contributed by atoms with Crippen LogP contribution in [0.4, 0.5) is 11.4 Å². The average Bonchev–Trinajstić information content (AvgIpc) is 2.53. The van der Waals surface area contributed by atoms with Crippen molar-refractivity contribution in [2.24, 2.45) is 4.99 Å². The SMILES string of the molecule is COc1ccc(C=Nc2cc([N+](=O)[O-])ccc2O)c(OC)c1. The summed E-state index contributed by atoms with van der Waals surface area (Å²) in [6.07, 6.45) is 1.46. The molecule has 114 valence electrons. The second-order valence-electron chi connectivity index (χ2n) is 4.30. The van der Waals surface area contributed by atoms with E-state index in [0.29, 0.717) is 17.1 Å². The number of nitro benzene ring substituents is 1. The molecule has 0 saturated carbocycles. The highest BCUT2D eigenvalue weighted by Crippen LogP contribution is 2.31. The lowest BCUT2D eigenvalue weighted by molar-refractivity contribution is -0.384. The Balaban J connectivity index is 2.36. The van der Waals surface area contributed by atoms with Crippen LogP contribution >= 0.6 is 0 Å². The number of methoxy groups -OCH3 is 2. The van der Waals surface area contributed by atoms with E-state index in [9.17, 15) is 15.2 Å². The van der Waals surface area contributed by atoms with E-state index in [1.165, 1.54) is 31.5 Å². The predicted octanol–water partition coefficient (Wildman–Crippen LogP) is 3.07. The fraction of sp³-hybridized carbons (Fsp3) is 0.133. The molecule has 2 aromatic rings. The lowest BCUT2D eigenvalue weighted by atomic mass is 10.2. The summed E-state index contributed by atoms with van der Waals surface area (Å²) in [5.74, 6) is 1.02. The number of aromatic hydroxyl groups is 1. The molecule has 7 heteroatoms. The Bertz CT molecular complexity index is 728. The minimum atomic E-state index is -0.549. The third-order valence-corrected chi connectivity index (χ3v) is 2.95. The van der Waals surface area contributed by atoms with Gasteiger partial charge in [0.1, 0.15) is 22.9 Å². The Morgan fingerprint density at radius 3 is 2.59 bits per heavy atom. The predicted molar refractivity (Wildman–Crippen MR) is 81.6 cm³/mol. The summed E-state index contributed by atoms with van der Waals surface area (Å²) < 4.78 is 10.3. The lowest BCUT2D eigenvalue weighted by Crippen LogP contribution is -1.92. The van der Waals surface area contributed by atoms with Crippen LogP contribution in [0, 0.1) is 10.1 Å². The Morgan fingerprint density at radius 1 is 1.18 bits per heavy atom. The van der Waals surface area contributed by atoms with Crippen LogP contribution in [0.15, 0.2) is 41.4 Å². The van der Waals surface area contributed by atoms with E-state index < -0.39 is 4.92 Å². The number of phenols is 1. The molecule has 0 bridgehead atoms. The molecule has 0 aromatic heterocycles. The van der Waals surface area contributed by atoms with Gasteiger partial charge in [-0.3, -0.25) is 15.1 Å². The minimum Gasteiger partial charge on any atom is -0.506 e. The minimum absolute atomic E-state index is 0.104. The van der Waals surface area contributed by atoms with Crippen molar-refractivity contribution in [3.8, 4) is 17.2 Å². The summed E-state index contributed by atoms with van der Waals surface area (Å²) in [6, 6.07) is 8.79. The number of hydrogen-bond acceptors (Lipinski definition) is 6. The molecule has 0 aliphatic heterocycles. The van der Waals surface area contributed by atoms with E-state index in [0.717, 1.165) is 0 Å². The maximum Gasteiger partial charge on any atom is 0.271 e. The molecule has 1 N–H and O–H groups in total. The number of non-ortho nitro benzene ring substituents is 1. The van der Waals surface area contributed by atoms with E-state index >= 15 is 0 Å². The standard InChI is InChI=1S/C15H14N2O5/c1-21-12-5-3-10(15(8-12)22-2)9-16-13-7-11(17(19)20)4-6-14(13)18/h3-9,18H,1-2H3. The topological polar surface area (TPSA) is 94.2 Å². The van der Waals surface area contributed by atoms with Gasteiger partial charge in [-0.05, 0) is 18.2 Å². The molecular formula is C15H14N2O5. The van der Waals surface area contributed by atoms with Crippen LogP contribution in [0.3, 0.4) is 0 Å². The van der Waals surface area contributed by atoms with Crippen LogP contribution in [0.2, 0.25) is 0 Å². The zero-order valence-electron chi connectivity index (χ0n) is 12.0. The Kier molecular flexibility index (Phi) is 4.57. The van der Waals surface area contributed by atoms with Crippen molar-refractivity contribution in [2.45, 2.75) is 0 Å². The molecule has 0 aliphatic carbocycles. The number of benzene rings is 2. The van der Waals surface area contributed by atoms with Crippen LogP contribution in [0.1, 0.15) is 5.56 Å². The van der Waals surface area contributed by atoms with Gasteiger partial charge in [-0.25, -0.2) is 0 Å². The Hall–Kier alpha value is -3.09. The van der Waals surface area contributed by atoms with Crippen molar-refractivity contribution in [1.29, 1.82) is 0 Å². The fourth-order valence-electron chi connectivity index (χ4n) is 1.79. The highest BCUT2D eigenvalue weighted by Gasteiger charge is 2.09. The highest BCUT2D eigenvalue weighted by atomic mass is 16.6. The molecule has 0 radical (unpaired) electrons. The highest BCUT2D eigenvalue weighted by molar-refractivity contribution is 5.86. The van der Waals surface area contributed by atoms with Gasteiger partial charge in [0.2, 0.25) is 0 Å². The molecule has 7 nitrogen and oxygen atoms in total. The number of phenolic OH excluding ortho intramolecular Hbond substituents is 1. The second-order valence-corrected chi connectivity index (χ2v) is 4.30. The molecule has 0 amide bonds. The van der Waals surface area contributed by atoms with Crippen LogP contribution in [0.25, 0.3) is 0 Å². The monoisotopic (exact) mass is 302 g/mol. The molecule has 2 aromatic carbocycles. The molecule has 0 heterocycles. The summed E-state index contributed by atoms with van der Waals surface area (Å²) in [7, 11) is 3.06. The number of rotatable bonds is 5. The van der Waals surface area contributed by atoms with E-state index in [4.69, 9.17) is 9.47 Å². The Morgan fingerprint density at radius 2 is 1.95 bits per heavy atom. The van der Waals surface area contributed by atoms with Gasteiger partial charge in [-0.1, -0.05) is 0 Å². The van der Waals surface area contributed by atoms with Crippen molar-refractivity contribution in [2.75, 3.05) is 14.2 Å². The van der Waals surface area contributed by atoms with Crippen molar-refractivity contribution < 1.29 is 19.5 Å². The molecule has 2 rings (SSSR count). The molecule has 0 fully saturated rings. The van der Waals surface area contributed by atoms with Gasteiger partial charge in [0.15, 0.2) is 0 Å². The summed E-state index contributed by atoms with van der Waals surface area (Å²) >= 11 is 0. The summed E-state index contributed by atoms with van der Waals surface area (Å²) in [4.78, 5) is 14.3. The summed E-state index contributed by atoms with van der Waals surface area (Å²) in [6.45, 7) is 0. The molecule has 0 spiro atoms. The van der Waals surface area contributed by atoms with E-state index in [1.54, 1.807) is 25.3 Å². The molecule has 0 unspecified atom stereocenters. The van der Waals surface area contributed by atoms with Crippen LogP contribution in [0.5, 0.6) is 17.2 Å². The Labute approximate surface area is 126 Å². The summed E-state index contributed by atoms with van der Waals surface area (Å²) in [5, 5.41) is 20.5. The van der Waals surface area contributed by atoms with Gasteiger partial charge in [-0.15, -0.1) is 0 Å². The number of nitrogens with zero attached hydrogens (tertiary/aromatic N) is 2. The largest absolute Gasteiger partial charge is 0.506 e. The molecule has 0 atom stereocenters. The van der Waals surface area contributed by atoms with E-state index in [1.807, 2.05) is 0 Å². The third-order valence-electron chi connectivity index (χ3n) is 2.95. The molecule has 0 saturated heterocycles. The second kappa shape index (κ2) is 6.57.